The number of carboxylic acid groups (broad SMARTS) is 1. The van der Waals surface area contributed by atoms with Crippen molar-refractivity contribution in [3.05, 3.63) is 82.0 Å². The topological polar surface area (TPSA) is 112 Å². The van der Waals surface area contributed by atoms with Gasteiger partial charge < -0.3 is 10.4 Å². The molecule has 3 N–H and O–H groups in total. The van der Waals surface area contributed by atoms with Gasteiger partial charge in [0.2, 0.25) is 5.91 Å². The monoisotopic (exact) mass is 493 g/mol. The van der Waals surface area contributed by atoms with E-state index in [0.717, 1.165) is 25.7 Å². The first-order valence-corrected chi connectivity index (χ1v) is 12.3. The number of halogens is 1. The number of unbranched alkanes of at least 4 members (excludes halogenated alkanes) is 3. The van der Waals surface area contributed by atoms with Crippen molar-refractivity contribution in [2.24, 2.45) is 5.92 Å². The van der Waals surface area contributed by atoms with E-state index in [1.54, 1.807) is 24.3 Å². The molecule has 190 valence electrons. The zero-order valence-corrected chi connectivity index (χ0v) is 20.4. The number of aliphatic carboxylic acids is 1. The summed E-state index contributed by atoms with van der Waals surface area (Å²) in [6.07, 6.45) is 8.94. The summed E-state index contributed by atoms with van der Waals surface area (Å²) < 4.78 is 14.4. The lowest BCUT2D eigenvalue weighted by atomic mass is 9.98. The van der Waals surface area contributed by atoms with E-state index < -0.39 is 23.6 Å². The molecular weight excluding hydrogens is 461 g/mol. The number of carbonyl (C=O) groups excluding carboxylic acids is 1. The van der Waals surface area contributed by atoms with Gasteiger partial charge in [0.25, 0.3) is 5.56 Å². The zero-order valence-electron chi connectivity index (χ0n) is 20.4. The Labute approximate surface area is 209 Å². The molecule has 0 aliphatic carbocycles. The Bertz CT molecular complexity index is 1290. The predicted octanol–water partition coefficient (Wildman–Crippen LogP) is 5.60. The highest BCUT2D eigenvalue weighted by Gasteiger charge is 2.18. The Kier molecular flexibility index (Phi) is 9.92. The molecule has 1 atom stereocenters. The van der Waals surface area contributed by atoms with E-state index in [0.29, 0.717) is 34.9 Å². The third-order valence-corrected chi connectivity index (χ3v) is 6.08. The molecule has 0 saturated carbocycles. The number of H-pyrrole nitrogens is 1. The second kappa shape index (κ2) is 13.3. The van der Waals surface area contributed by atoms with Gasteiger partial charge in [-0.2, -0.15) is 5.10 Å². The predicted molar refractivity (Wildman–Crippen MR) is 138 cm³/mol. The molecule has 1 heterocycles. The highest BCUT2D eigenvalue weighted by Crippen LogP contribution is 2.22. The molecule has 7 nitrogen and oxygen atoms in total. The van der Waals surface area contributed by atoms with E-state index in [1.807, 2.05) is 18.2 Å². The number of benzene rings is 2. The molecule has 1 unspecified atom stereocenters. The van der Waals surface area contributed by atoms with Gasteiger partial charge in [-0.1, -0.05) is 56.2 Å². The van der Waals surface area contributed by atoms with Gasteiger partial charge in [0, 0.05) is 18.2 Å². The maximum Gasteiger partial charge on any atom is 0.306 e. The second-order valence-corrected chi connectivity index (χ2v) is 8.86. The number of hydrogen-bond acceptors (Lipinski definition) is 4. The van der Waals surface area contributed by atoms with Crippen molar-refractivity contribution in [2.75, 3.05) is 5.32 Å². The molecule has 0 spiro atoms. The molecule has 3 rings (SSSR count). The maximum absolute atomic E-state index is 14.4. The van der Waals surface area contributed by atoms with Crippen LogP contribution in [0.15, 0.2) is 59.4 Å². The maximum atomic E-state index is 14.4. The molecule has 0 aliphatic rings. The molecule has 3 aromatic rings. The van der Waals surface area contributed by atoms with Crippen LogP contribution in [0.2, 0.25) is 0 Å². The lowest BCUT2D eigenvalue weighted by Crippen LogP contribution is -2.18. The highest BCUT2D eigenvalue weighted by atomic mass is 19.1. The van der Waals surface area contributed by atoms with Crippen LogP contribution in [-0.4, -0.2) is 27.2 Å². The van der Waals surface area contributed by atoms with Crippen molar-refractivity contribution in [3.63, 3.8) is 0 Å². The van der Waals surface area contributed by atoms with Gasteiger partial charge in [-0.3, -0.25) is 14.4 Å². The van der Waals surface area contributed by atoms with Crippen LogP contribution in [0.4, 0.5) is 10.1 Å². The Hall–Kier alpha value is -3.81. The van der Waals surface area contributed by atoms with Crippen LogP contribution in [-0.2, 0) is 16.0 Å². The molecular formula is C28H32FN3O4. The van der Waals surface area contributed by atoms with E-state index >= 15 is 0 Å². The number of amides is 1. The number of fused-ring (bicyclic) bond motifs is 1. The summed E-state index contributed by atoms with van der Waals surface area (Å²) >= 11 is 0. The Balaban J connectivity index is 1.61. The Morgan fingerprint density at radius 3 is 2.67 bits per heavy atom. The Morgan fingerprint density at radius 2 is 1.92 bits per heavy atom. The van der Waals surface area contributed by atoms with E-state index in [9.17, 15) is 23.9 Å². The van der Waals surface area contributed by atoms with Crippen LogP contribution < -0.4 is 10.9 Å². The number of hydrogen-bond donors (Lipinski definition) is 3. The van der Waals surface area contributed by atoms with Gasteiger partial charge >= 0.3 is 5.97 Å². The minimum absolute atomic E-state index is 0.0222. The molecule has 36 heavy (non-hydrogen) atoms. The number of anilines is 1. The van der Waals surface area contributed by atoms with Crippen LogP contribution in [0, 0.1) is 11.7 Å². The lowest BCUT2D eigenvalue weighted by molar-refractivity contribution is -0.141. The first-order chi connectivity index (χ1) is 17.4. The average molecular weight is 494 g/mol. The molecule has 0 aliphatic heterocycles. The van der Waals surface area contributed by atoms with Crippen molar-refractivity contribution in [3.8, 4) is 0 Å². The van der Waals surface area contributed by atoms with Gasteiger partial charge in [0.05, 0.1) is 22.7 Å². The van der Waals surface area contributed by atoms with Crippen LogP contribution in [0.25, 0.3) is 10.8 Å². The van der Waals surface area contributed by atoms with Crippen molar-refractivity contribution >= 4 is 28.3 Å². The minimum atomic E-state index is -0.949. The molecule has 1 aromatic heterocycles. The van der Waals surface area contributed by atoms with E-state index in [2.05, 4.69) is 22.4 Å². The molecule has 0 bridgehead atoms. The number of nitrogens with one attached hydrogen (secondary N) is 2. The summed E-state index contributed by atoms with van der Waals surface area (Å²) in [4.78, 5) is 36.1. The standard InChI is InChI=1S/C28H32FN3O4/c1-2-3-4-5-6-7-10-20(28(35)36)14-16-26(33)30-25-18-19(13-15-23(25)29)17-24-21-11-8-9-12-22(21)27(34)32-31-24/h6-9,11-13,15,18,20H,2-5,10,14,16-17H2,1H3,(H,30,33)(H,32,34)(H,35,36). The lowest BCUT2D eigenvalue weighted by Gasteiger charge is -2.12. The van der Waals surface area contributed by atoms with Crippen molar-refractivity contribution < 1.29 is 19.1 Å². The van der Waals surface area contributed by atoms with Crippen molar-refractivity contribution in [1.29, 1.82) is 0 Å². The number of allylic oxidation sites excluding steroid dienone is 2. The van der Waals surface area contributed by atoms with Gasteiger partial charge in [0.15, 0.2) is 0 Å². The van der Waals surface area contributed by atoms with Crippen LogP contribution >= 0.6 is 0 Å². The number of nitrogens with zero attached hydrogens (tertiary/aromatic N) is 1. The largest absolute Gasteiger partial charge is 0.481 e. The SMILES string of the molecule is CCCCCC=CCC(CCC(=O)Nc1cc(Cc2n[nH]c(=O)c3ccccc23)ccc1F)C(=O)O. The van der Waals surface area contributed by atoms with Crippen LogP contribution in [0.5, 0.6) is 0 Å². The summed E-state index contributed by atoms with van der Waals surface area (Å²) in [5.41, 5.74) is 1.07. The second-order valence-electron chi connectivity index (χ2n) is 8.86. The summed E-state index contributed by atoms with van der Waals surface area (Å²) in [5.74, 6) is -2.66. The third kappa shape index (κ3) is 7.60. The zero-order chi connectivity index (χ0) is 25.9. The van der Waals surface area contributed by atoms with Crippen molar-refractivity contribution in [1.82, 2.24) is 10.2 Å². The normalized spacial score (nSPS) is 12.2. The van der Waals surface area contributed by atoms with Gasteiger partial charge in [-0.05, 0) is 49.4 Å². The number of carboxylic acids is 1. The number of aromatic amines is 1. The van der Waals surface area contributed by atoms with Gasteiger partial charge in [-0.25, -0.2) is 9.49 Å². The fourth-order valence-corrected chi connectivity index (χ4v) is 4.03. The average Bonchev–Trinajstić information content (AvgIpc) is 2.86. The minimum Gasteiger partial charge on any atom is -0.481 e. The number of aromatic nitrogens is 2. The number of carbonyl (C=O) groups is 2. The first-order valence-electron chi connectivity index (χ1n) is 12.3. The Morgan fingerprint density at radius 1 is 1.14 bits per heavy atom. The summed E-state index contributed by atoms with van der Waals surface area (Å²) in [6, 6.07) is 11.5. The summed E-state index contributed by atoms with van der Waals surface area (Å²) in [6.45, 7) is 2.13. The van der Waals surface area contributed by atoms with Crippen molar-refractivity contribution in [2.45, 2.75) is 58.3 Å². The highest BCUT2D eigenvalue weighted by molar-refractivity contribution is 5.91. The first kappa shape index (κ1) is 26.8. The fourth-order valence-electron chi connectivity index (χ4n) is 4.03. The molecule has 0 saturated heterocycles. The van der Waals surface area contributed by atoms with Crippen LogP contribution in [0.3, 0.4) is 0 Å². The van der Waals surface area contributed by atoms with Gasteiger partial charge in [0.1, 0.15) is 5.82 Å². The third-order valence-electron chi connectivity index (χ3n) is 6.08. The summed E-state index contributed by atoms with van der Waals surface area (Å²) in [5, 5.41) is 19.9. The molecule has 8 heteroatoms. The van der Waals surface area contributed by atoms with E-state index in [-0.39, 0.29) is 24.1 Å². The quantitative estimate of drug-likeness (QED) is 0.212. The van der Waals surface area contributed by atoms with E-state index in [1.165, 1.54) is 12.1 Å². The fraction of sp³-hybridized carbons (Fsp3) is 0.357. The smallest absolute Gasteiger partial charge is 0.306 e. The number of rotatable bonds is 13. The molecule has 0 radical (unpaired) electrons. The van der Waals surface area contributed by atoms with Crippen LogP contribution in [0.1, 0.15) is 63.1 Å². The van der Waals surface area contributed by atoms with E-state index in [4.69, 9.17) is 0 Å². The molecule has 0 fully saturated rings. The molecule has 2 aromatic carbocycles. The van der Waals surface area contributed by atoms with Gasteiger partial charge in [-0.15, -0.1) is 0 Å². The summed E-state index contributed by atoms with van der Waals surface area (Å²) in [7, 11) is 0. The molecule has 1 amide bonds.